The summed E-state index contributed by atoms with van der Waals surface area (Å²) in [5, 5.41) is 10.1. The second-order valence-corrected chi connectivity index (χ2v) is 3.06. The Morgan fingerprint density at radius 2 is 2.50 bits per heavy atom. The molecular weight excluding hydrogens is 162 g/mol. The Labute approximate surface area is 69.9 Å². The third-order valence-electron chi connectivity index (χ3n) is 2.10. The molecule has 0 aromatic carbocycles. The van der Waals surface area contributed by atoms with Crippen LogP contribution in [-0.2, 0) is 9.53 Å². The monoisotopic (exact) mass is 173 g/mol. The van der Waals surface area contributed by atoms with Gasteiger partial charge in [0.2, 0.25) is 6.54 Å². The van der Waals surface area contributed by atoms with Crippen LogP contribution in [0.2, 0.25) is 0 Å². The molecule has 1 aliphatic rings. The van der Waals surface area contributed by atoms with Crippen molar-refractivity contribution in [3.8, 4) is 0 Å². The molecule has 1 fully saturated rings. The molecule has 0 N–H and O–H groups in total. The molecule has 1 saturated heterocycles. The van der Waals surface area contributed by atoms with Gasteiger partial charge in [-0.1, -0.05) is 6.92 Å². The summed E-state index contributed by atoms with van der Waals surface area (Å²) in [6.07, 6.45) is 0.619. The summed E-state index contributed by atoms with van der Waals surface area (Å²) in [6.45, 7) is 1.96. The lowest BCUT2D eigenvalue weighted by atomic mass is 9.93. The molecule has 0 saturated carbocycles. The van der Waals surface area contributed by atoms with E-state index in [-0.39, 0.29) is 24.3 Å². The second kappa shape index (κ2) is 3.51. The highest BCUT2D eigenvalue weighted by Crippen LogP contribution is 2.22. The van der Waals surface area contributed by atoms with Gasteiger partial charge >= 0.3 is 5.97 Å². The van der Waals surface area contributed by atoms with E-state index in [2.05, 4.69) is 0 Å². The number of nitro groups is 1. The van der Waals surface area contributed by atoms with Crippen LogP contribution in [0.5, 0.6) is 0 Å². The molecule has 2 atom stereocenters. The number of ether oxygens (including phenoxy) is 1. The first-order valence-corrected chi connectivity index (χ1v) is 3.89. The fraction of sp³-hybridized carbons (Fsp3) is 0.857. The largest absolute Gasteiger partial charge is 0.465 e. The average molecular weight is 173 g/mol. The van der Waals surface area contributed by atoms with E-state index in [4.69, 9.17) is 4.74 Å². The van der Waals surface area contributed by atoms with Crippen LogP contribution in [0.4, 0.5) is 0 Å². The van der Waals surface area contributed by atoms with Gasteiger partial charge in [-0.2, -0.15) is 0 Å². The van der Waals surface area contributed by atoms with Gasteiger partial charge in [0.1, 0.15) is 0 Å². The number of rotatable bonds is 3. The summed E-state index contributed by atoms with van der Waals surface area (Å²) >= 11 is 0. The number of carbonyl (C=O) groups is 1. The van der Waals surface area contributed by atoms with Crippen LogP contribution in [0, 0.1) is 22.0 Å². The van der Waals surface area contributed by atoms with Crippen LogP contribution in [0.3, 0.4) is 0 Å². The van der Waals surface area contributed by atoms with Crippen molar-refractivity contribution in [2.45, 2.75) is 13.3 Å². The Morgan fingerprint density at radius 1 is 1.83 bits per heavy atom. The average Bonchev–Trinajstić information content (AvgIpc) is 2.33. The molecule has 12 heavy (non-hydrogen) atoms. The number of carbonyl (C=O) groups excluding carboxylic acids is 1. The Hall–Kier alpha value is -1.13. The van der Waals surface area contributed by atoms with Crippen molar-refractivity contribution in [3.63, 3.8) is 0 Å². The van der Waals surface area contributed by atoms with Gasteiger partial charge in [-0.05, 0) is 6.42 Å². The van der Waals surface area contributed by atoms with Gasteiger partial charge in [-0.15, -0.1) is 0 Å². The maximum absolute atomic E-state index is 11.0. The fourth-order valence-corrected chi connectivity index (χ4v) is 1.39. The number of nitrogens with zero attached hydrogens (tertiary/aromatic N) is 1. The Kier molecular flexibility index (Phi) is 2.62. The second-order valence-electron chi connectivity index (χ2n) is 3.06. The first-order valence-electron chi connectivity index (χ1n) is 3.89. The van der Waals surface area contributed by atoms with Crippen molar-refractivity contribution in [1.82, 2.24) is 0 Å². The Balaban J connectivity index is 2.45. The molecule has 0 aliphatic carbocycles. The zero-order chi connectivity index (χ0) is 9.14. The van der Waals surface area contributed by atoms with E-state index in [1.807, 2.05) is 0 Å². The summed E-state index contributed by atoms with van der Waals surface area (Å²) in [5.74, 6) is -0.769. The van der Waals surface area contributed by atoms with Crippen molar-refractivity contribution in [2.75, 3.05) is 13.2 Å². The van der Waals surface area contributed by atoms with Gasteiger partial charge in [0, 0.05) is 10.8 Å². The predicted octanol–water partition coefficient (Wildman–Crippen LogP) is 0.462. The Bertz CT molecular complexity index is 204. The molecule has 0 radical (unpaired) electrons. The van der Waals surface area contributed by atoms with Crippen molar-refractivity contribution in [1.29, 1.82) is 0 Å². The molecule has 0 spiro atoms. The van der Waals surface area contributed by atoms with Gasteiger partial charge in [0.05, 0.1) is 12.5 Å². The molecule has 1 aliphatic heterocycles. The highest BCUT2D eigenvalue weighted by atomic mass is 16.6. The van der Waals surface area contributed by atoms with Gasteiger partial charge in [0.25, 0.3) is 0 Å². The molecular formula is C7H11NO4. The third-order valence-corrected chi connectivity index (χ3v) is 2.10. The van der Waals surface area contributed by atoms with Crippen LogP contribution in [0.1, 0.15) is 13.3 Å². The van der Waals surface area contributed by atoms with Gasteiger partial charge in [0.15, 0.2) is 0 Å². The van der Waals surface area contributed by atoms with E-state index in [0.717, 1.165) is 0 Å². The minimum atomic E-state index is -0.393. The number of cyclic esters (lactones) is 1. The van der Waals surface area contributed by atoms with E-state index in [1.165, 1.54) is 0 Å². The molecule has 0 aromatic heterocycles. The predicted molar refractivity (Wildman–Crippen MR) is 40.1 cm³/mol. The smallest absolute Gasteiger partial charge is 0.309 e. The van der Waals surface area contributed by atoms with Gasteiger partial charge < -0.3 is 4.74 Å². The molecule has 0 amide bonds. The minimum Gasteiger partial charge on any atom is -0.465 e. The molecule has 5 heteroatoms. The minimum absolute atomic E-state index is 0.153. The zero-order valence-electron chi connectivity index (χ0n) is 6.86. The summed E-state index contributed by atoms with van der Waals surface area (Å²) in [5.41, 5.74) is 0. The molecule has 68 valence electrons. The van der Waals surface area contributed by atoms with Crippen LogP contribution in [-0.4, -0.2) is 24.0 Å². The first kappa shape index (κ1) is 8.96. The lowest BCUT2D eigenvalue weighted by Gasteiger charge is -2.09. The molecule has 1 rings (SSSR count). The van der Waals surface area contributed by atoms with Crippen LogP contribution >= 0.6 is 0 Å². The van der Waals surface area contributed by atoms with Crippen molar-refractivity contribution >= 4 is 5.97 Å². The van der Waals surface area contributed by atoms with Crippen molar-refractivity contribution in [3.05, 3.63) is 10.1 Å². The first-order chi connectivity index (χ1) is 5.61. The maximum Gasteiger partial charge on any atom is 0.309 e. The maximum atomic E-state index is 11.0. The molecule has 1 heterocycles. The van der Waals surface area contributed by atoms with E-state index < -0.39 is 4.92 Å². The number of esters is 1. The van der Waals surface area contributed by atoms with Crippen LogP contribution in [0.15, 0.2) is 0 Å². The lowest BCUT2D eigenvalue weighted by molar-refractivity contribution is -0.488. The Morgan fingerprint density at radius 3 is 2.92 bits per heavy atom. The highest BCUT2D eigenvalue weighted by Gasteiger charge is 2.33. The van der Waals surface area contributed by atoms with Crippen LogP contribution < -0.4 is 0 Å². The zero-order valence-corrected chi connectivity index (χ0v) is 6.86. The van der Waals surface area contributed by atoms with E-state index in [9.17, 15) is 14.9 Å². The molecule has 0 aromatic rings. The van der Waals surface area contributed by atoms with Crippen LogP contribution in [0.25, 0.3) is 0 Å². The fourth-order valence-electron chi connectivity index (χ4n) is 1.39. The standard InChI is InChI=1S/C7H11NO4/c1-5(4-8(10)11)6-2-3-12-7(6)9/h5-6H,2-4H2,1H3/t5-,6-/m0/s1. The summed E-state index contributed by atoms with van der Waals surface area (Å²) in [7, 11) is 0. The van der Waals surface area contributed by atoms with Gasteiger partial charge in [-0.3, -0.25) is 14.9 Å². The summed E-state index contributed by atoms with van der Waals surface area (Å²) in [6, 6.07) is 0. The normalized spacial score (nSPS) is 25.1. The topological polar surface area (TPSA) is 69.4 Å². The molecule has 0 bridgehead atoms. The summed E-state index contributed by atoms with van der Waals surface area (Å²) in [4.78, 5) is 20.7. The van der Waals surface area contributed by atoms with Gasteiger partial charge in [-0.25, -0.2) is 0 Å². The SMILES string of the molecule is C[C@@H](C[N+](=O)[O-])[C@@H]1CCOC1=O. The van der Waals surface area contributed by atoms with E-state index in [1.54, 1.807) is 6.92 Å². The van der Waals surface area contributed by atoms with Crippen molar-refractivity contribution in [2.24, 2.45) is 11.8 Å². The van der Waals surface area contributed by atoms with E-state index >= 15 is 0 Å². The van der Waals surface area contributed by atoms with E-state index in [0.29, 0.717) is 13.0 Å². The lowest BCUT2D eigenvalue weighted by Crippen LogP contribution is -2.23. The third kappa shape index (κ3) is 1.93. The molecule has 5 nitrogen and oxygen atoms in total. The quantitative estimate of drug-likeness (QED) is 0.353. The summed E-state index contributed by atoms with van der Waals surface area (Å²) < 4.78 is 4.71. The number of hydrogen-bond donors (Lipinski definition) is 0. The number of hydrogen-bond acceptors (Lipinski definition) is 4. The van der Waals surface area contributed by atoms with Crippen molar-refractivity contribution < 1.29 is 14.5 Å². The highest BCUT2D eigenvalue weighted by molar-refractivity contribution is 5.74. The molecule has 0 unspecified atom stereocenters.